The Balaban J connectivity index is 2.14. The summed E-state index contributed by atoms with van der Waals surface area (Å²) in [5, 5.41) is 0. The van der Waals surface area contributed by atoms with E-state index in [1.165, 1.54) is 18.4 Å². The molecule has 1 aliphatic carbocycles. The highest BCUT2D eigenvalue weighted by molar-refractivity contribution is 5.98. The van der Waals surface area contributed by atoms with Crippen LogP contribution < -0.4 is 0 Å². The fourth-order valence-corrected chi connectivity index (χ4v) is 2.65. The second-order valence-corrected chi connectivity index (χ2v) is 4.93. The van der Waals surface area contributed by atoms with Crippen LogP contribution in [-0.4, -0.2) is 5.78 Å². The molecule has 1 saturated carbocycles. The van der Waals surface area contributed by atoms with E-state index in [1.807, 2.05) is 12.1 Å². The average molecular weight is 216 g/mol. The van der Waals surface area contributed by atoms with Gasteiger partial charge in [-0.25, -0.2) is 0 Å². The van der Waals surface area contributed by atoms with E-state index in [9.17, 15) is 4.79 Å². The molecule has 1 fully saturated rings. The molecule has 1 aromatic carbocycles. The standard InChI is InChI=1S/C15H20O/c1-3-12-7-9-13(10-8-12)15(16)14-6-4-5-11(14)2/h7-11,14H,3-6H2,1-2H3. The van der Waals surface area contributed by atoms with Crippen LogP contribution in [0.3, 0.4) is 0 Å². The molecule has 2 unspecified atom stereocenters. The van der Waals surface area contributed by atoms with Gasteiger partial charge in [0.1, 0.15) is 0 Å². The van der Waals surface area contributed by atoms with E-state index in [0.29, 0.717) is 11.7 Å². The molecule has 2 atom stereocenters. The molecule has 0 saturated heterocycles. The lowest BCUT2D eigenvalue weighted by Gasteiger charge is -2.13. The van der Waals surface area contributed by atoms with Gasteiger partial charge in [-0.05, 0) is 30.7 Å². The summed E-state index contributed by atoms with van der Waals surface area (Å²) in [6.45, 7) is 4.34. The minimum Gasteiger partial charge on any atom is -0.294 e. The maximum absolute atomic E-state index is 12.3. The number of ketones is 1. The van der Waals surface area contributed by atoms with Gasteiger partial charge in [-0.2, -0.15) is 0 Å². The SMILES string of the molecule is CCc1ccc(C(=O)C2CCCC2C)cc1. The maximum Gasteiger partial charge on any atom is 0.166 e. The fraction of sp³-hybridized carbons (Fsp3) is 0.533. The minimum absolute atomic E-state index is 0.271. The average Bonchev–Trinajstić information content (AvgIpc) is 2.75. The Morgan fingerprint density at radius 1 is 1.25 bits per heavy atom. The Bertz CT molecular complexity index is 364. The summed E-state index contributed by atoms with van der Waals surface area (Å²) >= 11 is 0. The molecule has 1 heteroatoms. The molecule has 0 heterocycles. The summed E-state index contributed by atoms with van der Waals surface area (Å²) in [6, 6.07) is 8.14. The molecule has 16 heavy (non-hydrogen) atoms. The second kappa shape index (κ2) is 4.82. The monoisotopic (exact) mass is 216 g/mol. The van der Waals surface area contributed by atoms with E-state index < -0.39 is 0 Å². The van der Waals surface area contributed by atoms with Crippen LogP contribution in [0.5, 0.6) is 0 Å². The van der Waals surface area contributed by atoms with Gasteiger partial charge in [0.2, 0.25) is 0 Å². The predicted molar refractivity (Wildman–Crippen MR) is 66.7 cm³/mol. The Morgan fingerprint density at radius 2 is 1.94 bits per heavy atom. The highest BCUT2D eigenvalue weighted by atomic mass is 16.1. The third-order valence-electron chi connectivity index (χ3n) is 3.84. The summed E-state index contributed by atoms with van der Waals surface area (Å²) in [5.41, 5.74) is 2.20. The van der Waals surface area contributed by atoms with Crippen LogP contribution in [0.4, 0.5) is 0 Å². The van der Waals surface area contributed by atoms with E-state index in [-0.39, 0.29) is 5.92 Å². The first-order chi connectivity index (χ1) is 7.72. The summed E-state index contributed by atoms with van der Waals surface area (Å²) in [6.07, 6.45) is 4.54. The molecule has 2 rings (SSSR count). The molecule has 0 aliphatic heterocycles. The van der Waals surface area contributed by atoms with Crippen molar-refractivity contribution < 1.29 is 4.79 Å². The van der Waals surface area contributed by atoms with Gasteiger partial charge in [0, 0.05) is 11.5 Å². The first-order valence-corrected chi connectivity index (χ1v) is 6.35. The molecule has 0 amide bonds. The number of hydrogen-bond acceptors (Lipinski definition) is 1. The number of rotatable bonds is 3. The van der Waals surface area contributed by atoms with Crippen LogP contribution in [-0.2, 0) is 6.42 Å². The lowest BCUT2D eigenvalue weighted by molar-refractivity contribution is 0.0897. The summed E-state index contributed by atoms with van der Waals surface area (Å²) in [5.74, 6) is 1.19. The number of benzene rings is 1. The van der Waals surface area contributed by atoms with Crippen molar-refractivity contribution in [1.29, 1.82) is 0 Å². The van der Waals surface area contributed by atoms with Crippen molar-refractivity contribution in [2.75, 3.05) is 0 Å². The molecule has 86 valence electrons. The van der Waals surface area contributed by atoms with Gasteiger partial charge in [-0.3, -0.25) is 4.79 Å². The number of carbonyl (C=O) groups excluding carboxylic acids is 1. The fourth-order valence-electron chi connectivity index (χ4n) is 2.65. The third-order valence-corrected chi connectivity index (χ3v) is 3.84. The predicted octanol–water partition coefficient (Wildman–Crippen LogP) is 3.87. The molecular weight excluding hydrogens is 196 g/mol. The van der Waals surface area contributed by atoms with Crippen LogP contribution in [0.2, 0.25) is 0 Å². The molecule has 0 radical (unpaired) electrons. The topological polar surface area (TPSA) is 17.1 Å². The molecule has 1 aromatic rings. The van der Waals surface area contributed by atoms with E-state index in [1.54, 1.807) is 0 Å². The Labute approximate surface area is 97.9 Å². The van der Waals surface area contributed by atoms with Crippen molar-refractivity contribution in [1.82, 2.24) is 0 Å². The van der Waals surface area contributed by atoms with Crippen LogP contribution in [0.15, 0.2) is 24.3 Å². The number of carbonyl (C=O) groups is 1. The van der Waals surface area contributed by atoms with Gasteiger partial charge in [-0.15, -0.1) is 0 Å². The molecule has 1 aliphatic rings. The zero-order valence-corrected chi connectivity index (χ0v) is 10.2. The van der Waals surface area contributed by atoms with Gasteiger partial charge in [0.15, 0.2) is 5.78 Å². The van der Waals surface area contributed by atoms with Crippen molar-refractivity contribution in [3.63, 3.8) is 0 Å². The van der Waals surface area contributed by atoms with E-state index in [2.05, 4.69) is 26.0 Å². The van der Waals surface area contributed by atoms with Gasteiger partial charge >= 0.3 is 0 Å². The van der Waals surface area contributed by atoms with Crippen LogP contribution >= 0.6 is 0 Å². The Morgan fingerprint density at radius 3 is 2.44 bits per heavy atom. The van der Waals surface area contributed by atoms with Crippen molar-refractivity contribution in [3.8, 4) is 0 Å². The summed E-state index contributed by atoms with van der Waals surface area (Å²) < 4.78 is 0. The molecule has 0 aromatic heterocycles. The van der Waals surface area contributed by atoms with Crippen LogP contribution in [0.1, 0.15) is 49.0 Å². The van der Waals surface area contributed by atoms with Crippen LogP contribution in [0, 0.1) is 11.8 Å². The summed E-state index contributed by atoms with van der Waals surface area (Å²) in [4.78, 5) is 12.3. The highest BCUT2D eigenvalue weighted by Gasteiger charge is 2.29. The van der Waals surface area contributed by atoms with Crippen LogP contribution in [0.25, 0.3) is 0 Å². The largest absolute Gasteiger partial charge is 0.294 e. The van der Waals surface area contributed by atoms with E-state index in [4.69, 9.17) is 0 Å². The second-order valence-electron chi connectivity index (χ2n) is 4.93. The smallest absolute Gasteiger partial charge is 0.166 e. The number of hydrogen-bond donors (Lipinski definition) is 0. The molecular formula is C15H20O. The van der Waals surface area contributed by atoms with Gasteiger partial charge in [0.25, 0.3) is 0 Å². The van der Waals surface area contributed by atoms with Gasteiger partial charge in [-0.1, -0.05) is 44.5 Å². The van der Waals surface area contributed by atoms with Crippen molar-refractivity contribution in [2.45, 2.75) is 39.5 Å². The number of aryl methyl sites for hydroxylation is 1. The normalized spacial score (nSPS) is 24.6. The lowest BCUT2D eigenvalue weighted by Crippen LogP contribution is -2.17. The van der Waals surface area contributed by atoms with E-state index >= 15 is 0 Å². The Kier molecular flexibility index (Phi) is 3.42. The highest BCUT2D eigenvalue weighted by Crippen LogP contribution is 2.33. The first kappa shape index (κ1) is 11.4. The van der Waals surface area contributed by atoms with E-state index in [0.717, 1.165) is 18.4 Å². The van der Waals surface area contributed by atoms with Crippen molar-refractivity contribution >= 4 is 5.78 Å². The Hall–Kier alpha value is -1.11. The van der Waals surface area contributed by atoms with Crippen molar-refractivity contribution in [3.05, 3.63) is 35.4 Å². The third kappa shape index (κ3) is 2.18. The molecule has 0 bridgehead atoms. The first-order valence-electron chi connectivity index (χ1n) is 6.35. The molecule has 0 spiro atoms. The lowest BCUT2D eigenvalue weighted by atomic mass is 9.89. The summed E-state index contributed by atoms with van der Waals surface area (Å²) in [7, 11) is 0. The zero-order chi connectivity index (χ0) is 11.5. The van der Waals surface area contributed by atoms with Gasteiger partial charge < -0.3 is 0 Å². The molecule has 0 N–H and O–H groups in total. The maximum atomic E-state index is 12.3. The number of Topliss-reactive ketones (excluding diaryl/α,β-unsaturated/α-hetero) is 1. The quantitative estimate of drug-likeness (QED) is 0.701. The van der Waals surface area contributed by atoms with Gasteiger partial charge in [0.05, 0.1) is 0 Å². The molecule has 1 nitrogen and oxygen atoms in total. The minimum atomic E-state index is 0.271. The zero-order valence-electron chi connectivity index (χ0n) is 10.2. The van der Waals surface area contributed by atoms with Crippen molar-refractivity contribution in [2.24, 2.45) is 11.8 Å².